The number of nitrogens with zero attached hydrogens (tertiary/aromatic N) is 2. The molecular weight excluding hydrogens is 330 g/mol. The first-order valence-electron chi connectivity index (χ1n) is 6.52. The van der Waals surface area contributed by atoms with E-state index in [9.17, 15) is 5.11 Å². The minimum atomic E-state index is 0.274. The third-order valence-corrected chi connectivity index (χ3v) is 3.84. The van der Waals surface area contributed by atoms with Crippen molar-refractivity contribution in [3.8, 4) is 11.4 Å². The third kappa shape index (κ3) is 3.08. The van der Waals surface area contributed by atoms with E-state index in [0.29, 0.717) is 11.0 Å². The van der Waals surface area contributed by atoms with Crippen LogP contribution in [0.4, 0.5) is 5.69 Å². The molecule has 3 rings (SSSR count). The molecule has 106 valence electrons. The first-order chi connectivity index (χ1) is 10.2. The smallest absolute Gasteiger partial charge is 0.134 e. The second kappa shape index (κ2) is 6.01. The zero-order valence-corrected chi connectivity index (χ0v) is 12.8. The summed E-state index contributed by atoms with van der Waals surface area (Å²) in [5.41, 5.74) is 2.87. The van der Waals surface area contributed by atoms with Crippen molar-refractivity contribution in [2.24, 2.45) is 0 Å². The molecule has 2 aromatic carbocycles. The average Bonchev–Trinajstić information content (AvgIpc) is 3.03. The van der Waals surface area contributed by atoms with Gasteiger partial charge in [-0.05, 0) is 40.2 Å². The largest absolute Gasteiger partial charge is 0.506 e. The molecule has 2 N–H and O–H groups in total. The van der Waals surface area contributed by atoms with Crippen molar-refractivity contribution in [3.05, 3.63) is 71.2 Å². The van der Waals surface area contributed by atoms with Crippen LogP contribution in [0.3, 0.4) is 0 Å². The minimum Gasteiger partial charge on any atom is -0.506 e. The van der Waals surface area contributed by atoms with E-state index in [0.717, 1.165) is 16.9 Å². The Balaban J connectivity index is 1.77. The highest BCUT2D eigenvalue weighted by atomic mass is 79.9. The van der Waals surface area contributed by atoms with Crippen LogP contribution in [0.1, 0.15) is 5.56 Å². The van der Waals surface area contributed by atoms with Gasteiger partial charge >= 0.3 is 0 Å². The molecular formula is C16H14BrN3O. The number of phenolic OH excluding ortho intramolecular Hbond substituents is 1. The van der Waals surface area contributed by atoms with Gasteiger partial charge in [0.2, 0.25) is 0 Å². The van der Waals surface area contributed by atoms with Gasteiger partial charge < -0.3 is 15.0 Å². The number of aromatic nitrogens is 2. The van der Waals surface area contributed by atoms with Gasteiger partial charge in [0.25, 0.3) is 0 Å². The van der Waals surface area contributed by atoms with Crippen LogP contribution < -0.4 is 5.32 Å². The maximum atomic E-state index is 9.98. The molecule has 0 saturated heterocycles. The molecule has 0 amide bonds. The molecule has 5 heteroatoms. The molecule has 0 atom stereocenters. The Morgan fingerprint density at radius 3 is 2.86 bits per heavy atom. The van der Waals surface area contributed by atoms with E-state index in [1.807, 2.05) is 53.2 Å². The van der Waals surface area contributed by atoms with Crippen LogP contribution in [0.15, 0.2) is 65.7 Å². The number of aromatic hydroxyl groups is 1. The van der Waals surface area contributed by atoms with Crippen molar-refractivity contribution in [1.82, 2.24) is 9.55 Å². The predicted molar refractivity (Wildman–Crippen MR) is 86.7 cm³/mol. The lowest BCUT2D eigenvalue weighted by Crippen LogP contribution is -2.01. The minimum absolute atomic E-state index is 0.274. The summed E-state index contributed by atoms with van der Waals surface area (Å²) in [5.74, 6) is 0.274. The van der Waals surface area contributed by atoms with Gasteiger partial charge in [0, 0.05) is 35.9 Å². The third-order valence-electron chi connectivity index (χ3n) is 3.20. The second-order valence-electron chi connectivity index (χ2n) is 4.62. The number of hydrogen-bond donors (Lipinski definition) is 2. The van der Waals surface area contributed by atoms with Crippen LogP contribution in [0.5, 0.6) is 5.75 Å². The van der Waals surface area contributed by atoms with Gasteiger partial charge in [-0.3, -0.25) is 0 Å². The van der Waals surface area contributed by atoms with Crippen molar-refractivity contribution >= 4 is 21.6 Å². The summed E-state index contributed by atoms with van der Waals surface area (Å²) in [7, 11) is 0. The van der Waals surface area contributed by atoms with Crippen molar-refractivity contribution in [3.63, 3.8) is 0 Å². The molecule has 21 heavy (non-hydrogen) atoms. The van der Waals surface area contributed by atoms with Crippen molar-refractivity contribution in [2.75, 3.05) is 5.32 Å². The molecule has 0 radical (unpaired) electrons. The van der Waals surface area contributed by atoms with E-state index in [4.69, 9.17) is 0 Å². The highest BCUT2D eigenvalue weighted by molar-refractivity contribution is 9.10. The van der Waals surface area contributed by atoms with Crippen LogP contribution in [0.2, 0.25) is 0 Å². The number of halogens is 1. The van der Waals surface area contributed by atoms with Crippen LogP contribution in [0.25, 0.3) is 5.69 Å². The Morgan fingerprint density at radius 2 is 2.05 bits per heavy atom. The van der Waals surface area contributed by atoms with Gasteiger partial charge in [0.1, 0.15) is 5.75 Å². The zero-order chi connectivity index (χ0) is 14.7. The van der Waals surface area contributed by atoms with E-state index in [-0.39, 0.29) is 5.75 Å². The molecule has 0 saturated carbocycles. The van der Waals surface area contributed by atoms with E-state index in [1.165, 1.54) is 0 Å². The summed E-state index contributed by atoms with van der Waals surface area (Å²) in [6.07, 6.45) is 5.41. The van der Waals surface area contributed by atoms with Crippen LogP contribution >= 0.6 is 15.9 Å². The van der Waals surface area contributed by atoms with E-state index in [2.05, 4.69) is 26.2 Å². The molecule has 0 fully saturated rings. The summed E-state index contributed by atoms with van der Waals surface area (Å²) in [4.78, 5) is 4.05. The van der Waals surface area contributed by atoms with Gasteiger partial charge in [-0.15, -0.1) is 0 Å². The molecule has 0 spiro atoms. The standard InChI is InChI=1S/C16H14BrN3O/c17-15-6-1-3-12(16(15)21)10-19-13-4-2-5-14(9-13)20-8-7-18-11-20/h1-9,11,19,21H,10H2. The Hall–Kier alpha value is -2.27. The SMILES string of the molecule is Oc1c(Br)cccc1CNc1cccc(-n2ccnc2)c1. The molecule has 0 aliphatic heterocycles. The number of anilines is 1. The Bertz CT molecular complexity index is 741. The molecule has 0 aliphatic rings. The Kier molecular flexibility index (Phi) is 3.92. The first-order valence-corrected chi connectivity index (χ1v) is 7.32. The van der Waals surface area contributed by atoms with E-state index in [1.54, 1.807) is 12.5 Å². The maximum Gasteiger partial charge on any atom is 0.134 e. The number of imidazole rings is 1. The predicted octanol–water partition coefficient (Wildman–Crippen LogP) is 3.95. The maximum absolute atomic E-state index is 9.98. The number of hydrogen-bond acceptors (Lipinski definition) is 3. The monoisotopic (exact) mass is 343 g/mol. The van der Waals surface area contributed by atoms with Crippen LogP contribution in [-0.4, -0.2) is 14.7 Å². The highest BCUT2D eigenvalue weighted by Crippen LogP contribution is 2.28. The molecule has 4 nitrogen and oxygen atoms in total. The van der Waals surface area contributed by atoms with Gasteiger partial charge in [-0.2, -0.15) is 0 Å². The summed E-state index contributed by atoms with van der Waals surface area (Å²) in [5, 5.41) is 13.3. The lowest BCUT2D eigenvalue weighted by Gasteiger charge is -2.10. The molecule has 1 aromatic heterocycles. The fourth-order valence-corrected chi connectivity index (χ4v) is 2.50. The lowest BCUT2D eigenvalue weighted by atomic mass is 10.2. The van der Waals surface area contributed by atoms with Gasteiger partial charge in [-0.25, -0.2) is 4.98 Å². The molecule has 3 aromatic rings. The highest BCUT2D eigenvalue weighted by Gasteiger charge is 2.04. The number of rotatable bonds is 4. The second-order valence-corrected chi connectivity index (χ2v) is 5.48. The molecule has 0 aliphatic carbocycles. The van der Waals surface area contributed by atoms with Crippen molar-refractivity contribution in [1.29, 1.82) is 0 Å². The summed E-state index contributed by atoms with van der Waals surface area (Å²) >= 11 is 3.32. The van der Waals surface area contributed by atoms with Crippen LogP contribution in [0, 0.1) is 0 Å². The lowest BCUT2D eigenvalue weighted by molar-refractivity contribution is 0.465. The Labute approximate surface area is 131 Å². The van der Waals surface area contributed by atoms with E-state index < -0.39 is 0 Å². The summed E-state index contributed by atoms with van der Waals surface area (Å²) in [6, 6.07) is 13.7. The van der Waals surface area contributed by atoms with Crippen molar-refractivity contribution < 1.29 is 5.11 Å². The van der Waals surface area contributed by atoms with Crippen molar-refractivity contribution in [2.45, 2.75) is 6.54 Å². The first kappa shape index (κ1) is 13.7. The molecule has 0 unspecified atom stereocenters. The van der Waals surface area contributed by atoms with Gasteiger partial charge in [0.05, 0.1) is 10.8 Å². The zero-order valence-electron chi connectivity index (χ0n) is 11.2. The number of phenols is 1. The van der Waals surface area contributed by atoms with E-state index >= 15 is 0 Å². The topological polar surface area (TPSA) is 50.1 Å². The summed E-state index contributed by atoms with van der Waals surface area (Å²) < 4.78 is 2.65. The normalized spacial score (nSPS) is 10.5. The van der Waals surface area contributed by atoms with Crippen LogP contribution in [-0.2, 0) is 6.54 Å². The number of para-hydroxylation sites is 1. The number of benzene rings is 2. The molecule has 1 heterocycles. The quantitative estimate of drug-likeness (QED) is 0.753. The number of nitrogens with one attached hydrogen (secondary N) is 1. The van der Waals surface area contributed by atoms with Gasteiger partial charge in [0.15, 0.2) is 0 Å². The van der Waals surface area contributed by atoms with Gasteiger partial charge in [-0.1, -0.05) is 18.2 Å². The summed E-state index contributed by atoms with van der Waals surface area (Å²) in [6.45, 7) is 0.554. The fourth-order valence-electron chi connectivity index (χ4n) is 2.09. The molecule has 0 bridgehead atoms. The fraction of sp³-hybridized carbons (Fsp3) is 0.0625. The Morgan fingerprint density at radius 1 is 1.19 bits per heavy atom. The average molecular weight is 344 g/mol.